The molecule has 1 aromatic rings. The van der Waals surface area contributed by atoms with Gasteiger partial charge >= 0.3 is 6.41 Å². The molecule has 0 unspecified atom stereocenters. The van der Waals surface area contributed by atoms with Crippen LogP contribution in [0.1, 0.15) is 5.56 Å². The van der Waals surface area contributed by atoms with Gasteiger partial charge in [-0.3, -0.25) is 4.79 Å². The van der Waals surface area contributed by atoms with Gasteiger partial charge in [0.05, 0.1) is 11.8 Å². The van der Waals surface area contributed by atoms with Crippen molar-refractivity contribution >= 4 is 6.41 Å². The molecule has 0 aliphatic carbocycles. The number of hydrogen-bond acceptors (Lipinski definition) is 3. The summed E-state index contributed by atoms with van der Waals surface area (Å²) in [5.74, 6) is 0. The minimum absolute atomic E-state index is 0.275. The van der Waals surface area contributed by atoms with Crippen LogP contribution < -0.4 is 0 Å². The third-order valence-electron chi connectivity index (χ3n) is 1.66. The molecule has 0 aliphatic rings. The Balaban J connectivity index is 2.42. The van der Waals surface area contributed by atoms with E-state index in [-0.39, 0.29) is 6.54 Å². The average molecular weight is 177 g/mol. The van der Waals surface area contributed by atoms with Crippen molar-refractivity contribution in [1.82, 2.24) is 5.01 Å². The first-order chi connectivity index (χ1) is 6.36. The molecule has 4 nitrogen and oxygen atoms in total. The maximum atomic E-state index is 10.1. The molecule has 0 N–H and O–H groups in total. The number of nitroso groups, excluding NO2 is 1. The fourth-order valence-corrected chi connectivity index (χ4v) is 0.983. The Bertz CT molecular complexity index is 266. The van der Waals surface area contributed by atoms with Crippen molar-refractivity contribution < 1.29 is 4.79 Å². The van der Waals surface area contributed by atoms with Crippen molar-refractivity contribution in [2.24, 2.45) is 5.29 Å². The van der Waals surface area contributed by atoms with E-state index in [1.165, 1.54) is 6.41 Å². The summed E-state index contributed by atoms with van der Waals surface area (Å²) < 4.78 is 0. The lowest BCUT2D eigenvalue weighted by Gasteiger charge is -2.04. The van der Waals surface area contributed by atoms with E-state index in [2.05, 4.69) is 5.29 Å². The Kier molecular flexibility index (Phi) is 3.63. The molecule has 0 bridgehead atoms. The van der Waals surface area contributed by atoms with Crippen LogP contribution in [0.4, 0.5) is 0 Å². The first-order valence-electron chi connectivity index (χ1n) is 3.89. The van der Waals surface area contributed by atoms with Crippen LogP contribution in [0, 0.1) is 4.91 Å². The molecular formula is C9H9N2O2. The van der Waals surface area contributed by atoms with E-state index >= 15 is 0 Å². The third kappa shape index (κ3) is 3.02. The van der Waals surface area contributed by atoms with E-state index in [0.717, 1.165) is 5.56 Å². The van der Waals surface area contributed by atoms with Crippen molar-refractivity contribution in [3.63, 3.8) is 0 Å². The molecule has 0 fully saturated rings. The first kappa shape index (κ1) is 9.38. The Morgan fingerprint density at radius 2 is 2.00 bits per heavy atom. The molecule has 0 aromatic heterocycles. The molecule has 0 saturated carbocycles. The Hall–Kier alpha value is -1.71. The Morgan fingerprint density at radius 3 is 2.54 bits per heavy atom. The smallest absolute Gasteiger partial charge is 0.261 e. The molecule has 1 amide bonds. The third-order valence-corrected chi connectivity index (χ3v) is 1.66. The number of rotatable bonds is 5. The monoisotopic (exact) mass is 177 g/mol. The fraction of sp³-hybridized carbons (Fsp3) is 0.222. The van der Waals surface area contributed by atoms with Gasteiger partial charge in [0.2, 0.25) is 0 Å². The summed E-state index contributed by atoms with van der Waals surface area (Å²) in [4.78, 5) is 20.0. The minimum Gasteiger partial charge on any atom is -0.261 e. The van der Waals surface area contributed by atoms with Crippen LogP contribution in [0.25, 0.3) is 0 Å². The number of amides is 1. The molecular weight excluding hydrogens is 168 g/mol. The van der Waals surface area contributed by atoms with Gasteiger partial charge in [-0.15, -0.1) is 4.91 Å². The van der Waals surface area contributed by atoms with E-state index in [0.29, 0.717) is 11.4 Å². The van der Waals surface area contributed by atoms with E-state index in [4.69, 9.17) is 0 Å². The van der Waals surface area contributed by atoms with Gasteiger partial charge in [-0.1, -0.05) is 30.3 Å². The molecule has 1 radical (unpaired) electrons. The highest BCUT2D eigenvalue weighted by Crippen LogP contribution is 2.00. The normalized spacial score (nSPS) is 9.23. The number of benzene rings is 1. The molecule has 67 valence electrons. The summed E-state index contributed by atoms with van der Waals surface area (Å²) in [5.41, 5.74) is 1.06. The van der Waals surface area contributed by atoms with Crippen LogP contribution in [0.5, 0.6) is 0 Å². The minimum atomic E-state index is 0.275. The summed E-state index contributed by atoms with van der Waals surface area (Å²) in [6.07, 6.45) is 2.04. The van der Waals surface area contributed by atoms with Gasteiger partial charge in [-0.25, -0.2) is 0 Å². The lowest BCUT2D eigenvalue weighted by atomic mass is 10.1. The van der Waals surface area contributed by atoms with E-state index in [1.54, 1.807) is 0 Å². The van der Waals surface area contributed by atoms with Crippen molar-refractivity contribution in [3.8, 4) is 0 Å². The topological polar surface area (TPSA) is 49.7 Å². The Morgan fingerprint density at radius 1 is 1.31 bits per heavy atom. The van der Waals surface area contributed by atoms with E-state index in [9.17, 15) is 9.70 Å². The molecule has 1 rings (SSSR count). The summed E-state index contributed by atoms with van der Waals surface area (Å²) in [6.45, 7) is 0.275. The van der Waals surface area contributed by atoms with Crippen molar-refractivity contribution in [2.75, 3.05) is 6.54 Å². The van der Waals surface area contributed by atoms with Crippen LogP contribution in [-0.2, 0) is 11.2 Å². The summed E-state index contributed by atoms with van der Waals surface area (Å²) in [6, 6.07) is 9.56. The molecule has 0 atom stereocenters. The molecule has 0 spiro atoms. The molecule has 4 heteroatoms. The van der Waals surface area contributed by atoms with Gasteiger partial charge in [0, 0.05) is 0 Å². The predicted octanol–water partition coefficient (Wildman–Crippen LogP) is 1.28. The zero-order chi connectivity index (χ0) is 9.52. The summed E-state index contributed by atoms with van der Waals surface area (Å²) in [7, 11) is 0. The van der Waals surface area contributed by atoms with Crippen LogP contribution in [-0.4, -0.2) is 18.0 Å². The van der Waals surface area contributed by atoms with E-state index in [1.807, 2.05) is 30.3 Å². The highest BCUT2D eigenvalue weighted by molar-refractivity contribution is 5.47. The summed E-state index contributed by atoms with van der Waals surface area (Å²) >= 11 is 0. The highest BCUT2D eigenvalue weighted by atomic mass is 16.3. The maximum absolute atomic E-state index is 10.1. The number of carbonyl (C=O) groups excluding carboxylic acids is 1. The lowest BCUT2D eigenvalue weighted by molar-refractivity contribution is 0.395. The van der Waals surface area contributed by atoms with Gasteiger partial charge < -0.3 is 0 Å². The quantitative estimate of drug-likeness (QED) is 0.386. The van der Waals surface area contributed by atoms with Crippen LogP contribution in [0.15, 0.2) is 35.6 Å². The van der Waals surface area contributed by atoms with E-state index < -0.39 is 0 Å². The van der Waals surface area contributed by atoms with Crippen molar-refractivity contribution in [1.29, 1.82) is 0 Å². The summed E-state index contributed by atoms with van der Waals surface area (Å²) in [5, 5.41) is 3.20. The van der Waals surface area contributed by atoms with Gasteiger partial charge in [-0.2, -0.15) is 5.01 Å². The molecule has 0 aliphatic heterocycles. The van der Waals surface area contributed by atoms with Gasteiger partial charge in [-0.05, 0) is 12.0 Å². The largest absolute Gasteiger partial charge is 0.336 e. The molecule has 0 heterocycles. The number of hydrogen-bond donors (Lipinski definition) is 0. The van der Waals surface area contributed by atoms with Crippen LogP contribution in [0.3, 0.4) is 0 Å². The maximum Gasteiger partial charge on any atom is 0.336 e. The predicted molar refractivity (Wildman–Crippen MR) is 48.3 cm³/mol. The van der Waals surface area contributed by atoms with Gasteiger partial charge in [0.15, 0.2) is 0 Å². The van der Waals surface area contributed by atoms with Crippen LogP contribution >= 0.6 is 0 Å². The fourth-order valence-electron chi connectivity index (χ4n) is 0.983. The first-order valence-corrected chi connectivity index (χ1v) is 3.89. The molecule has 13 heavy (non-hydrogen) atoms. The second-order valence-electron chi connectivity index (χ2n) is 2.53. The standard InChI is InChI=1S/C9H9N2O2/c12-8-11(10-13)7-6-9-4-2-1-3-5-9/h1-5H,6-7H2. The number of nitrogens with zero attached hydrogens (tertiary/aromatic N) is 2. The second-order valence-corrected chi connectivity index (χ2v) is 2.53. The average Bonchev–Trinajstić information content (AvgIpc) is 2.21. The van der Waals surface area contributed by atoms with Gasteiger partial charge in [0.25, 0.3) is 0 Å². The molecule has 1 aromatic carbocycles. The SMILES string of the molecule is O=[C]N(CCc1ccccc1)N=O. The second kappa shape index (κ2) is 5.03. The lowest BCUT2D eigenvalue weighted by Crippen LogP contribution is -2.17. The highest BCUT2D eigenvalue weighted by Gasteiger charge is 2.01. The van der Waals surface area contributed by atoms with Gasteiger partial charge in [0.1, 0.15) is 0 Å². The Labute approximate surface area is 76.1 Å². The van der Waals surface area contributed by atoms with Crippen LogP contribution in [0.2, 0.25) is 0 Å². The molecule has 0 saturated heterocycles. The zero-order valence-corrected chi connectivity index (χ0v) is 7.01. The van der Waals surface area contributed by atoms with Crippen molar-refractivity contribution in [3.05, 3.63) is 40.8 Å². The zero-order valence-electron chi connectivity index (χ0n) is 7.01. The van der Waals surface area contributed by atoms with Crippen molar-refractivity contribution in [2.45, 2.75) is 6.42 Å².